The number of nitrogens with two attached hydrogens (primary N) is 1. The Labute approximate surface area is 162 Å². The first kappa shape index (κ1) is 19.5. The highest BCUT2D eigenvalue weighted by atomic mass is 35.5. The molecular weight excluding hydrogens is 348 g/mol. The van der Waals surface area contributed by atoms with Crippen molar-refractivity contribution in [3.63, 3.8) is 0 Å². The molecule has 0 radical (unpaired) electrons. The second kappa shape index (κ2) is 8.18. The van der Waals surface area contributed by atoms with Gasteiger partial charge in [0, 0.05) is 23.9 Å². The summed E-state index contributed by atoms with van der Waals surface area (Å²) in [6.07, 6.45) is 7.41. The van der Waals surface area contributed by atoms with Crippen LogP contribution in [0.1, 0.15) is 62.6 Å². The van der Waals surface area contributed by atoms with Gasteiger partial charge in [-0.05, 0) is 49.5 Å². The monoisotopic (exact) mass is 378 g/mol. The summed E-state index contributed by atoms with van der Waals surface area (Å²) in [6, 6.07) is 6.69. The van der Waals surface area contributed by atoms with Crippen molar-refractivity contribution in [2.75, 3.05) is 6.61 Å². The van der Waals surface area contributed by atoms with E-state index in [2.05, 4.69) is 30.4 Å². The predicted molar refractivity (Wildman–Crippen MR) is 106 cm³/mol. The molecule has 1 heterocycles. The molecule has 1 aromatic rings. The molecule has 3 aliphatic rings. The van der Waals surface area contributed by atoms with Crippen LogP contribution in [-0.4, -0.2) is 18.6 Å². The first-order valence-electron chi connectivity index (χ1n) is 9.98. The van der Waals surface area contributed by atoms with Crippen LogP contribution in [0.2, 0.25) is 0 Å². The highest BCUT2D eigenvalue weighted by Crippen LogP contribution is 2.42. The molecule has 3 N–H and O–H groups in total. The maximum atomic E-state index is 13.0. The lowest BCUT2D eigenvalue weighted by Crippen LogP contribution is -2.49. The quantitative estimate of drug-likeness (QED) is 0.841. The molecule has 5 heteroatoms. The number of halogens is 1. The van der Waals surface area contributed by atoms with E-state index in [-0.39, 0.29) is 30.3 Å². The smallest absolute Gasteiger partial charge is 0.223 e. The van der Waals surface area contributed by atoms with Gasteiger partial charge in [-0.25, -0.2) is 0 Å². The molecule has 0 aromatic heterocycles. The van der Waals surface area contributed by atoms with Crippen molar-refractivity contribution in [3.05, 3.63) is 29.3 Å². The minimum absolute atomic E-state index is 0. The van der Waals surface area contributed by atoms with Gasteiger partial charge in [-0.3, -0.25) is 4.79 Å². The molecule has 4 nitrogen and oxygen atoms in total. The van der Waals surface area contributed by atoms with E-state index in [0.29, 0.717) is 24.5 Å². The number of amides is 1. The zero-order chi connectivity index (χ0) is 17.4. The zero-order valence-electron chi connectivity index (χ0n) is 15.6. The third-order valence-corrected chi connectivity index (χ3v) is 6.64. The fourth-order valence-corrected chi connectivity index (χ4v) is 5.21. The second-order valence-corrected chi connectivity index (χ2v) is 8.08. The van der Waals surface area contributed by atoms with Gasteiger partial charge in [0.15, 0.2) is 0 Å². The van der Waals surface area contributed by atoms with Crippen LogP contribution >= 0.6 is 12.4 Å². The average Bonchev–Trinajstić information content (AvgIpc) is 2.61. The molecule has 26 heavy (non-hydrogen) atoms. The van der Waals surface area contributed by atoms with E-state index in [1.54, 1.807) is 0 Å². The summed E-state index contributed by atoms with van der Waals surface area (Å²) in [5.74, 6) is 2.43. The van der Waals surface area contributed by atoms with Crippen LogP contribution in [-0.2, 0) is 11.2 Å². The van der Waals surface area contributed by atoms with Crippen molar-refractivity contribution >= 4 is 18.3 Å². The van der Waals surface area contributed by atoms with Crippen LogP contribution < -0.4 is 15.8 Å². The second-order valence-electron chi connectivity index (χ2n) is 8.08. The zero-order valence-corrected chi connectivity index (χ0v) is 16.4. The highest BCUT2D eigenvalue weighted by Gasteiger charge is 2.41. The molecule has 3 atom stereocenters. The lowest BCUT2D eigenvalue weighted by molar-refractivity contribution is -0.128. The first-order valence-corrected chi connectivity index (χ1v) is 9.98. The summed E-state index contributed by atoms with van der Waals surface area (Å²) in [5, 5.41) is 3.34. The van der Waals surface area contributed by atoms with Crippen LogP contribution in [0.25, 0.3) is 0 Å². The minimum Gasteiger partial charge on any atom is -0.493 e. The summed E-state index contributed by atoms with van der Waals surface area (Å²) in [4.78, 5) is 13.0. The number of fused-ring (bicyclic) bond motifs is 3. The van der Waals surface area contributed by atoms with Crippen molar-refractivity contribution < 1.29 is 9.53 Å². The molecule has 144 valence electrons. The Bertz CT molecular complexity index is 637. The van der Waals surface area contributed by atoms with E-state index in [9.17, 15) is 4.79 Å². The first-order chi connectivity index (χ1) is 12.2. The molecule has 2 fully saturated rings. The van der Waals surface area contributed by atoms with E-state index in [4.69, 9.17) is 10.5 Å². The predicted octanol–water partition coefficient (Wildman–Crippen LogP) is 3.76. The summed E-state index contributed by atoms with van der Waals surface area (Å²) >= 11 is 0. The molecule has 1 amide bonds. The minimum atomic E-state index is 0. The van der Waals surface area contributed by atoms with Gasteiger partial charge in [0.2, 0.25) is 5.91 Å². The highest BCUT2D eigenvalue weighted by molar-refractivity contribution is 5.85. The Morgan fingerprint density at radius 3 is 2.65 bits per heavy atom. The van der Waals surface area contributed by atoms with Gasteiger partial charge in [-0.15, -0.1) is 12.4 Å². The number of carbonyl (C=O) groups excluding carboxylic acids is 1. The molecule has 2 saturated carbocycles. The number of benzene rings is 1. The summed E-state index contributed by atoms with van der Waals surface area (Å²) in [7, 11) is 0. The van der Waals surface area contributed by atoms with Crippen LogP contribution in [0.3, 0.4) is 0 Å². The van der Waals surface area contributed by atoms with Gasteiger partial charge in [0.1, 0.15) is 5.75 Å². The van der Waals surface area contributed by atoms with Gasteiger partial charge in [0.05, 0.1) is 12.6 Å². The molecule has 2 aliphatic carbocycles. The molecule has 2 bridgehead atoms. The van der Waals surface area contributed by atoms with Gasteiger partial charge in [-0.2, -0.15) is 0 Å². The van der Waals surface area contributed by atoms with E-state index in [0.717, 1.165) is 37.0 Å². The molecular formula is C21H31ClN2O2. The summed E-state index contributed by atoms with van der Waals surface area (Å²) in [6.45, 7) is 2.82. The van der Waals surface area contributed by atoms with Crippen LogP contribution in [0.5, 0.6) is 5.75 Å². The third kappa shape index (κ3) is 3.59. The number of hydrogen-bond acceptors (Lipinski definition) is 3. The number of rotatable bonds is 3. The van der Waals surface area contributed by atoms with Crippen molar-refractivity contribution in [3.8, 4) is 5.75 Å². The molecule has 1 aromatic carbocycles. The van der Waals surface area contributed by atoms with Crippen LogP contribution in [0, 0.1) is 17.8 Å². The number of ether oxygens (including phenoxy) is 1. The fourth-order valence-electron chi connectivity index (χ4n) is 5.21. The number of aryl methyl sites for hydroxylation is 1. The molecule has 0 spiro atoms. The van der Waals surface area contributed by atoms with Crippen molar-refractivity contribution in [1.29, 1.82) is 0 Å². The normalized spacial score (nSPS) is 32.6. The number of carbonyl (C=O) groups is 1. The molecule has 0 saturated heterocycles. The Morgan fingerprint density at radius 2 is 1.96 bits per heavy atom. The van der Waals surface area contributed by atoms with Gasteiger partial charge >= 0.3 is 0 Å². The SMILES string of the molecule is CCc1cccc2c1OCCC2NC(=O)C1CC2CCCC(C1)C2N.Cl. The molecule has 1 aliphatic heterocycles. The largest absolute Gasteiger partial charge is 0.493 e. The topological polar surface area (TPSA) is 64.3 Å². The van der Waals surface area contributed by atoms with Crippen molar-refractivity contribution in [1.82, 2.24) is 5.32 Å². The number of nitrogens with one attached hydrogen (secondary N) is 1. The fraction of sp³-hybridized carbons (Fsp3) is 0.667. The lowest BCUT2D eigenvalue weighted by atomic mass is 9.65. The van der Waals surface area contributed by atoms with E-state index >= 15 is 0 Å². The Hall–Kier alpha value is -1.26. The standard InChI is InChI=1S/C21H30N2O2.ClH/c1-2-13-5-4-8-17-18(9-10-25-20(13)17)23-21(24)16-11-14-6-3-7-15(12-16)19(14)22;/h4-5,8,14-16,18-19H,2-3,6-7,9-12,22H2,1H3,(H,23,24);1H. The Balaban J connectivity index is 0.00000196. The van der Waals surface area contributed by atoms with Crippen molar-refractivity contribution in [2.24, 2.45) is 23.5 Å². The Kier molecular flexibility index (Phi) is 6.13. The van der Waals surface area contributed by atoms with E-state index in [1.165, 1.54) is 24.8 Å². The van der Waals surface area contributed by atoms with Gasteiger partial charge in [-0.1, -0.05) is 31.5 Å². The number of para-hydroxylation sites is 1. The summed E-state index contributed by atoms with van der Waals surface area (Å²) < 4.78 is 5.91. The number of hydrogen-bond donors (Lipinski definition) is 2. The maximum Gasteiger partial charge on any atom is 0.223 e. The molecule has 4 rings (SSSR count). The van der Waals surface area contributed by atoms with Crippen LogP contribution in [0.4, 0.5) is 0 Å². The van der Waals surface area contributed by atoms with E-state index < -0.39 is 0 Å². The Morgan fingerprint density at radius 1 is 1.23 bits per heavy atom. The lowest BCUT2D eigenvalue weighted by Gasteiger charge is -2.44. The van der Waals surface area contributed by atoms with Gasteiger partial charge in [0.25, 0.3) is 0 Å². The third-order valence-electron chi connectivity index (χ3n) is 6.64. The van der Waals surface area contributed by atoms with Crippen molar-refractivity contribution in [2.45, 2.75) is 64.0 Å². The van der Waals surface area contributed by atoms with Crippen LogP contribution in [0.15, 0.2) is 18.2 Å². The average molecular weight is 379 g/mol. The van der Waals surface area contributed by atoms with Gasteiger partial charge < -0.3 is 15.8 Å². The summed E-state index contributed by atoms with van der Waals surface area (Å²) in [5.41, 5.74) is 8.75. The maximum absolute atomic E-state index is 13.0. The molecule has 3 unspecified atom stereocenters. The van der Waals surface area contributed by atoms with E-state index in [1.807, 2.05) is 0 Å².